The highest BCUT2D eigenvalue weighted by Gasteiger charge is 2.33. The minimum Gasteiger partial charge on any atom is -0.454 e. The summed E-state index contributed by atoms with van der Waals surface area (Å²) in [6.07, 6.45) is 5.46. The predicted octanol–water partition coefficient (Wildman–Crippen LogP) is 1.71. The van der Waals surface area contributed by atoms with Crippen LogP contribution in [0.3, 0.4) is 0 Å². The number of carbonyl (C=O) groups excluding carboxylic acids is 1. The van der Waals surface area contributed by atoms with Crippen molar-refractivity contribution in [3.8, 4) is 23.8 Å². The second-order valence-electron chi connectivity index (χ2n) is 5.93. The first-order valence-corrected chi connectivity index (χ1v) is 8.93. The maximum Gasteiger partial charge on any atom is 0.279 e. The number of benzene rings is 1. The standard InChI is InChI=1S/C18H15N3O4S/c1-3-6-26-18-20-17(23)15-11(8-14(22)19-16(15)21(18)2)10-4-5-12-13(7-10)25-9-24-12/h1,4-5,7,11H,6,8-9H2,2H3,(H,19,22). The molecule has 132 valence electrons. The molecule has 1 amide bonds. The van der Waals surface area contributed by atoms with Gasteiger partial charge in [0.15, 0.2) is 16.7 Å². The molecule has 2 aliphatic rings. The number of thioether (sulfide) groups is 1. The largest absolute Gasteiger partial charge is 0.454 e. The van der Waals surface area contributed by atoms with E-state index in [1.165, 1.54) is 11.8 Å². The van der Waals surface area contributed by atoms with E-state index < -0.39 is 5.92 Å². The van der Waals surface area contributed by atoms with Crippen LogP contribution in [-0.4, -0.2) is 28.0 Å². The van der Waals surface area contributed by atoms with Crippen LogP contribution in [0, 0.1) is 12.3 Å². The molecule has 0 bridgehead atoms. The van der Waals surface area contributed by atoms with Crippen LogP contribution in [-0.2, 0) is 11.8 Å². The molecular formula is C18H15N3O4S. The van der Waals surface area contributed by atoms with Crippen LogP contribution < -0.4 is 20.3 Å². The summed E-state index contributed by atoms with van der Waals surface area (Å²) in [5.41, 5.74) is 0.921. The number of fused-ring (bicyclic) bond motifs is 2. The van der Waals surface area contributed by atoms with Crippen LogP contribution in [0.1, 0.15) is 23.5 Å². The van der Waals surface area contributed by atoms with E-state index in [1.807, 2.05) is 12.1 Å². The third-order valence-electron chi connectivity index (χ3n) is 4.38. The summed E-state index contributed by atoms with van der Waals surface area (Å²) in [6, 6.07) is 5.45. The molecule has 1 atom stereocenters. The van der Waals surface area contributed by atoms with Gasteiger partial charge in [0.25, 0.3) is 5.56 Å². The molecule has 0 radical (unpaired) electrons. The molecule has 2 aliphatic heterocycles. The van der Waals surface area contributed by atoms with E-state index in [1.54, 1.807) is 17.7 Å². The number of hydrogen-bond acceptors (Lipinski definition) is 6. The average molecular weight is 369 g/mol. The molecule has 7 nitrogen and oxygen atoms in total. The number of terminal acetylenes is 1. The van der Waals surface area contributed by atoms with E-state index in [0.717, 1.165) is 5.56 Å². The van der Waals surface area contributed by atoms with Crippen molar-refractivity contribution in [3.05, 3.63) is 39.7 Å². The molecule has 0 saturated heterocycles. The summed E-state index contributed by atoms with van der Waals surface area (Å²) < 4.78 is 12.5. The zero-order valence-electron chi connectivity index (χ0n) is 13.9. The zero-order chi connectivity index (χ0) is 18.3. The summed E-state index contributed by atoms with van der Waals surface area (Å²) >= 11 is 1.28. The molecule has 26 heavy (non-hydrogen) atoms. The number of anilines is 1. The highest BCUT2D eigenvalue weighted by molar-refractivity contribution is 7.99. The Bertz CT molecular complexity index is 1010. The number of ether oxygens (including phenoxy) is 2. The van der Waals surface area contributed by atoms with E-state index in [9.17, 15) is 9.59 Å². The van der Waals surface area contributed by atoms with E-state index in [0.29, 0.717) is 33.8 Å². The number of carbonyl (C=O) groups is 1. The van der Waals surface area contributed by atoms with Gasteiger partial charge in [-0.1, -0.05) is 23.7 Å². The molecule has 0 saturated carbocycles. The van der Waals surface area contributed by atoms with Crippen molar-refractivity contribution in [2.45, 2.75) is 17.5 Å². The zero-order valence-corrected chi connectivity index (χ0v) is 14.8. The molecular weight excluding hydrogens is 354 g/mol. The van der Waals surface area contributed by atoms with Gasteiger partial charge in [0.05, 0.1) is 11.3 Å². The average Bonchev–Trinajstić information content (AvgIpc) is 3.10. The summed E-state index contributed by atoms with van der Waals surface area (Å²) in [5, 5.41) is 3.27. The maximum atomic E-state index is 12.7. The molecule has 2 aromatic rings. The van der Waals surface area contributed by atoms with Crippen LogP contribution in [0.25, 0.3) is 0 Å². The SMILES string of the molecule is C#CCSc1nc(=O)c2c(n1C)NC(=O)CC2c1ccc2c(c1)OCO2. The van der Waals surface area contributed by atoms with Gasteiger partial charge in [-0.05, 0) is 17.7 Å². The van der Waals surface area contributed by atoms with Crippen molar-refractivity contribution in [2.75, 3.05) is 17.9 Å². The van der Waals surface area contributed by atoms with Crippen LogP contribution in [0.2, 0.25) is 0 Å². The number of aromatic nitrogens is 2. The lowest BCUT2D eigenvalue weighted by atomic mass is 9.86. The quantitative estimate of drug-likeness (QED) is 0.504. The van der Waals surface area contributed by atoms with Crippen molar-refractivity contribution in [2.24, 2.45) is 7.05 Å². The summed E-state index contributed by atoms with van der Waals surface area (Å²) in [6.45, 7) is 0.166. The number of rotatable bonds is 3. The first-order valence-electron chi connectivity index (χ1n) is 7.95. The lowest BCUT2D eigenvalue weighted by Crippen LogP contribution is -2.33. The number of nitrogens with one attached hydrogen (secondary N) is 1. The Hall–Kier alpha value is -2.92. The van der Waals surface area contributed by atoms with Gasteiger partial charge < -0.3 is 19.4 Å². The smallest absolute Gasteiger partial charge is 0.279 e. The molecule has 3 heterocycles. The molecule has 0 spiro atoms. The van der Waals surface area contributed by atoms with Crippen molar-refractivity contribution < 1.29 is 14.3 Å². The van der Waals surface area contributed by atoms with Crippen molar-refractivity contribution >= 4 is 23.5 Å². The molecule has 1 aromatic carbocycles. The Morgan fingerprint density at radius 2 is 2.19 bits per heavy atom. The molecule has 1 aromatic heterocycles. The normalized spacial score (nSPS) is 17.4. The number of hydrogen-bond donors (Lipinski definition) is 1. The molecule has 4 rings (SSSR count). The van der Waals surface area contributed by atoms with Crippen molar-refractivity contribution in [3.63, 3.8) is 0 Å². The van der Waals surface area contributed by atoms with Crippen LogP contribution >= 0.6 is 11.8 Å². The highest BCUT2D eigenvalue weighted by atomic mass is 32.2. The fraction of sp³-hybridized carbons (Fsp3) is 0.278. The first kappa shape index (κ1) is 16.5. The van der Waals surface area contributed by atoms with Gasteiger partial charge in [-0.25, -0.2) is 0 Å². The van der Waals surface area contributed by atoms with Gasteiger partial charge in [0, 0.05) is 19.4 Å². The Balaban J connectivity index is 1.83. The monoisotopic (exact) mass is 369 g/mol. The molecule has 8 heteroatoms. The minimum atomic E-state index is -0.397. The van der Waals surface area contributed by atoms with Gasteiger partial charge in [0.2, 0.25) is 12.7 Å². The van der Waals surface area contributed by atoms with E-state index in [-0.39, 0.29) is 24.7 Å². The lowest BCUT2D eigenvalue weighted by Gasteiger charge is -2.27. The summed E-state index contributed by atoms with van der Waals surface area (Å²) in [5.74, 6) is 4.06. The second-order valence-corrected chi connectivity index (χ2v) is 6.87. The van der Waals surface area contributed by atoms with Crippen molar-refractivity contribution in [1.29, 1.82) is 0 Å². The van der Waals surface area contributed by atoms with Crippen LogP contribution in [0.4, 0.5) is 5.82 Å². The fourth-order valence-electron chi connectivity index (χ4n) is 3.19. The van der Waals surface area contributed by atoms with E-state index >= 15 is 0 Å². The number of amides is 1. The first-order chi connectivity index (χ1) is 12.6. The maximum absolute atomic E-state index is 12.7. The van der Waals surface area contributed by atoms with Gasteiger partial charge in [-0.15, -0.1) is 6.42 Å². The van der Waals surface area contributed by atoms with Crippen LogP contribution in [0.5, 0.6) is 11.5 Å². The Kier molecular flexibility index (Phi) is 4.09. The van der Waals surface area contributed by atoms with E-state index in [2.05, 4.69) is 16.2 Å². The minimum absolute atomic E-state index is 0.158. The summed E-state index contributed by atoms with van der Waals surface area (Å²) in [4.78, 5) is 29.2. The summed E-state index contributed by atoms with van der Waals surface area (Å²) in [7, 11) is 1.76. The highest BCUT2D eigenvalue weighted by Crippen LogP contribution is 2.40. The molecule has 1 unspecified atom stereocenters. The van der Waals surface area contributed by atoms with Crippen molar-refractivity contribution in [1.82, 2.24) is 9.55 Å². The molecule has 0 aliphatic carbocycles. The van der Waals surface area contributed by atoms with E-state index in [4.69, 9.17) is 15.9 Å². The molecule has 1 N–H and O–H groups in total. The van der Waals surface area contributed by atoms with Gasteiger partial charge in [-0.2, -0.15) is 4.98 Å². The van der Waals surface area contributed by atoms with Gasteiger partial charge >= 0.3 is 0 Å². The van der Waals surface area contributed by atoms with Gasteiger partial charge in [0.1, 0.15) is 5.82 Å². The number of nitrogens with zero attached hydrogens (tertiary/aromatic N) is 2. The van der Waals surface area contributed by atoms with Gasteiger partial charge in [-0.3, -0.25) is 9.59 Å². The predicted molar refractivity (Wildman–Crippen MR) is 96.7 cm³/mol. The topological polar surface area (TPSA) is 82.5 Å². The fourth-order valence-corrected chi connectivity index (χ4v) is 3.83. The Morgan fingerprint density at radius 3 is 3.00 bits per heavy atom. The third-order valence-corrected chi connectivity index (χ3v) is 5.32. The Labute approximate surface area is 153 Å². The second kappa shape index (κ2) is 6.42. The Morgan fingerprint density at radius 1 is 1.38 bits per heavy atom. The lowest BCUT2D eigenvalue weighted by molar-refractivity contribution is -0.116. The third kappa shape index (κ3) is 2.70. The molecule has 0 fully saturated rings. The van der Waals surface area contributed by atoms with Crippen LogP contribution in [0.15, 0.2) is 28.2 Å².